The molecule has 0 saturated heterocycles. The molecule has 6 nitrogen and oxygen atoms in total. The minimum Gasteiger partial charge on any atom is -0.466 e. The van der Waals surface area contributed by atoms with E-state index in [1.807, 2.05) is 20.0 Å². The highest BCUT2D eigenvalue weighted by Gasteiger charge is 2.15. The van der Waals surface area contributed by atoms with Gasteiger partial charge in [0.25, 0.3) is 5.69 Å². The molecule has 1 rings (SSSR count). The van der Waals surface area contributed by atoms with Gasteiger partial charge in [-0.2, -0.15) is 0 Å². The Morgan fingerprint density at radius 3 is 2.81 bits per heavy atom. The lowest BCUT2D eigenvalue weighted by Gasteiger charge is -2.24. The highest BCUT2D eigenvalue weighted by molar-refractivity contribution is 5.69. The highest BCUT2D eigenvalue weighted by Crippen LogP contribution is 2.23. The largest absolute Gasteiger partial charge is 0.466 e. The van der Waals surface area contributed by atoms with E-state index in [0.29, 0.717) is 19.4 Å². The zero-order chi connectivity index (χ0) is 15.8. The lowest BCUT2D eigenvalue weighted by Crippen LogP contribution is -2.24. The molecule has 21 heavy (non-hydrogen) atoms. The number of benzene rings is 1. The van der Waals surface area contributed by atoms with Gasteiger partial charge in [-0.05, 0) is 39.4 Å². The summed E-state index contributed by atoms with van der Waals surface area (Å²) in [5.74, 6) is -0.186. The summed E-state index contributed by atoms with van der Waals surface area (Å²) in [6.07, 6.45) is 1.09. The van der Waals surface area contributed by atoms with Crippen LogP contribution in [-0.2, 0) is 9.53 Å². The maximum Gasteiger partial charge on any atom is 0.305 e. The standard InChI is InChI=1S/C15H22N2O4/c1-4-21-15(18)9-6-10-16(3)12(2)13-7-5-8-14(11-13)17(19)20/h5,7-8,11-12H,4,6,9-10H2,1-3H3/t12-/m0/s1. The Kier molecular flexibility index (Phi) is 6.81. The first-order valence-electron chi connectivity index (χ1n) is 7.06. The molecular formula is C15H22N2O4. The van der Waals surface area contributed by atoms with Crippen molar-refractivity contribution in [2.75, 3.05) is 20.2 Å². The van der Waals surface area contributed by atoms with Crippen molar-refractivity contribution < 1.29 is 14.5 Å². The summed E-state index contributed by atoms with van der Waals surface area (Å²) in [7, 11) is 1.94. The zero-order valence-corrected chi connectivity index (χ0v) is 12.7. The number of nitrogens with zero attached hydrogens (tertiary/aromatic N) is 2. The number of esters is 1. The van der Waals surface area contributed by atoms with Gasteiger partial charge in [-0.15, -0.1) is 0 Å². The topological polar surface area (TPSA) is 72.7 Å². The van der Waals surface area contributed by atoms with E-state index in [9.17, 15) is 14.9 Å². The Balaban J connectivity index is 2.54. The number of ether oxygens (including phenoxy) is 1. The molecule has 0 aliphatic carbocycles. The monoisotopic (exact) mass is 294 g/mol. The number of rotatable bonds is 8. The molecule has 0 amide bonds. The quantitative estimate of drug-likeness (QED) is 0.419. The number of carbonyl (C=O) groups excluding carboxylic acids is 1. The van der Waals surface area contributed by atoms with Gasteiger partial charge >= 0.3 is 5.97 Å². The average Bonchev–Trinajstić information content (AvgIpc) is 2.46. The summed E-state index contributed by atoms with van der Waals surface area (Å²) in [6.45, 7) is 4.90. The van der Waals surface area contributed by atoms with Crippen LogP contribution in [0.15, 0.2) is 24.3 Å². The number of non-ortho nitro benzene ring substituents is 1. The van der Waals surface area contributed by atoms with Gasteiger partial charge in [0.05, 0.1) is 11.5 Å². The molecule has 1 aromatic rings. The second kappa shape index (κ2) is 8.36. The third kappa shape index (κ3) is 5.51. The summed E-state index contributed by atoms with van der Waals surface area (Å²) in [5, 5.41) is 10.8. The van der Waals surface area contributed by atoms with Crippen LogP contribution >= 0.6 is 0 Å². The highest BCUT2D eigenvalue weighted by atomic mass is 16.6. The molecule has 0 saturated carbocycles. The Bertz CT molecular complexity index is 490. The van der Waals surface area contributed by atoms with Crippen LogP contribution in [0.25, 0.3) is 0 Å². The fourth-order valence-corrected chi connectivity index (χ4v) is 2.05. The SMILES string of the molecule is CCOC(=O)CCCN(C)[C@@H](C)c1cccc([N+](=O)[O-])c1. The first-order chi connectivity index (χ1) is 9.95. The molecule has 0 aliphatic heterocycles. The first kappa shape index (κ1) is 17.1. The number of carbonyl (C=O) groups is 1. The maximum absolute atomic E-state index is 11.3. The molecule has 0 heterocycles. The average molecular weight is 294 g/mol. The molecule has 0 radical (unpaired) electrons. The molecule has 116 valence electrons. The predicted molar refractivity (Wildman–Crippen MR) is 80.0 cm³/mol. The third-order valence-electron chi connectivity index (χ3n) is 3.42. The van der Waals surface area contributed by atoms with E-state index in [-0.39, 0.29) is 17.7 Å². The van der Waals surface area contributed by atoms with Crippen LogP contribution in [0.1, 0.15) is 38.3 Å². The van der Waals surface area contributed by atoms with Crippen molar-refractivity contribution in [1.29, 1.82) is 0 Å². The van der Waals surface area contributed by atoms with E-state index in [4.69, 9.17) is 4.74 Å². The Hall–Kier alpha value is -1.95. The van der Waals surface area contributed by atoms with E-state index in [1.165, 1.54) is 6.07 Å². The van der Waals surface area contributed by atoms with Gasteiger partial charge in [-0.1, -0.05) is 12.1 Å². The van der Waals surface area contributed by atoms with E-state index in [1.54, 1.807) is 19.1 Å². The van der Waals surface area contributed by atoms with Crippen LogP contribution < -0.4 is 0 Å². The van der Waals surface area contributed by atoms with Crippen molar-refractivity contribution in [2.45, 2.75) is 32.7 Å². The van der Waals surface area contributed by atoms with Crippen molar-refractivity contribution in [3.63, 3.8) is 0 Å². The van der Waals surface area contributed by atoms with Gasteiger partial charge in [0.2, 0.25) is 0 Å². The minimum absolute atomic E-state index is 0.0482. The van der Waals surface area contributed by atoms with Crippen molar-refractivity contribution in [3.05, 3.63) is 39.9 Å². The van der Waals surface area contributed by atoms with Gasteiger partial charge in [-0.3, -0.25) is 19.8 Å². The van der Waals surface area contributed by atoms with E-state index < -0.39 is 4.92 Å². The van der Waals surface area contributed by atoms with Gasteiger partial charge in [0.1, 0.15) is 0 Å². The molecule has 1 aromatic carbocycles. The van der Waals surface area contributed by atoms with Crippen molar-refractivity contribution >= 4 is 11.7 Å². The first-order valence-corrected chi connectivity index (χ1v) is 7.06. The van der Waals surface area contributed by atoms with Crippen molar-refractivity contribution in [2.24, 2.45) is 0 Å². The molecule has 0 bridgehead atoms. The van der Waals surface area contributed by atoms with E-state index in [2.05, 4.69) is 4.90 Å². The van der Waals surface area contributed by atoms with Gasteiger partial charge < -0.3 is 4.74 Å². The predicted octanol–water partition coefficient (Wildman–Crippen LogP) is 2.93. The van der Waals surface area contributed by atoms with Crippen LogP contribution in [0.5, 0.6) is 0 Å². The normalized spacial score (nSPS) is 12.2. The minimum atomic E-state index is -0.392. The molecule has 0 aliphatic rings. The number of hydrogen-bond acceptors (Lipinski definition) is 5. The van der Waals surface area contributed by atoms with Crippen LogP contribution in [0.2, 0.25) is 0 Å². The summed E-state index contributed by atoms with van der Waals surface area (Å²) >= 11 is 0. The Morgan fingerprint density at radius 2 is 2.19 bits per heavy atom. The smallest absolute Gasteiger partial charge is 0.305 e. The second-order valence-electron chi connectivity index (χ2n) is 4.92. The van der Waals surface area contributed by atoms with E-state index in [0.717, 1.165) is 12.1 Å². The van der Waals surface area contributed by atoms with Crippen LogP contribution in [-0.4, -0.2) is 36.0 Å². The fourth-order valence-electron chi connectivity index (χ4n) is 2.05. The van der Waals surface area contributed by atoms with Gasteiger partial charge in [-0.25, -0.2) is 0 Å². The lowest BCUT2D eigenvalue weighted by atomic mass is 10.1. The number of nitro benzene ring substituents is 1. The molecule has 0 aromatic heterocycles. The van der Waals surface area contributed by atoms with Gasteiger partial charge in [0.15, 0.2) is 0 Å². The van der Waals surface area contributed by atoms with Crippen molar-refractivity contribution in [1.82, 2.24) is 4.90 Å². The lowest BCUT2D eigenvalue weighted by molar-refractivity contribution is -0.384. The van der Waals surface area contributed by atoms with Gasteiger partial charge in [0, 0.05) is 24.6 Å². The summed E-state index contributed by atoms with van der Waals surface area (Å²) in [4.78, 5) is 23.7. The number of nitro groups is 1. The number of hydrogen-bond donors (Lipinski definition) is 0. The van der Waals surface area contributed by atoms with Crippen molar-refractivity contribution in [3.8, 4) is 0 Å². The molecule has 0 unspecified atom stereocenters. The molecule has 1 atom stereocenters. The molecule has 0 fully saturated rings. The van der Waals surface area contributed by atoms with Crippen LogP contribution in [0, 0.1) is 10.1 Å². The zero-order valence-electron chi connectivity index (χ0n) is 12.7. The summed E-state index contributed by atoms with van der Waals surface area (Å²) < 4.78 is 4.88. The molecule has 0 N–H and O–H groups in total. The summed E-state index contributed by atoms with van der Waals surface area (Å²) in [6, 6.07) is 6.69. The Labute approximate surface area is 124 Å². The van der Waals surface area contributed by atoms with Crippen LogP contribution in [0.4, 0.5) is 5.69 Å². The fraction of sp³-hybridized carbons (Fsp3) is 0.533. The third-order valence-corrected chi connectivity index (χ3v) is 3.42. The van der Waals surface area contributed by atoms with E-state index >= 15 is 0 Å². The Morgan fingerprint density at radius 1 is 1.48 bits per heavy atom. The summed E-state index contributed by atoms with van der Waals surface area (Å²) in [5.41, 5.74) is 0.988. The second-order valence-corrected chi connectivity index (χ2v) is 4.92. The molecular weight excluding hydrogens is 272 g/mol. The molecule has 0 spiro atoms. The maximum atomic E-state index is 11.3. The molecule has 6 heteroatoms. The van der Waals surface area contributed by atoms with Crippen LogP contribution in [0.3, 0.4) is 0 Å².